The molecule has 0 saturated carbocycles. The van der Waals surface area contributed by atoms with Crippen LogP contribution in [0.1, 0.15) is 25.5 Å². The number of nitrogens with one attached hydrogen (secondary N) is 1. The van der Waals surface area contributed by atoms with E-state index in [1.54, 1.807) is 0 Å². The molecular formula is C14H16N2O5. The summed E-state index contributed by atoms with van der Waals surface area (Å²) in [5.74, 6) is 2.06. The summed E-state index contributed by atoms with van der Waals surface area (Å²) in [5, 5.41) is 22.9. The molecule has 0 heterocycles. The van der Waals surface area contributed by atoms with Crippen molar-refractivity contribution >= 4 is 11.6 Å². The maximum atomic E-state index is 11.7. The maximum Gasteiger partial charge on any atom is 0.270 e. The second kappa shape index (κ2) is 7.26. The van der Waals surface area contributed by atoms with Crippen molar-refractivity contribution in [2.24, 2.45) is 0 Å². The Bertz CT molecular complexity index is 577. The summed E-state index contributed by atoms with van der Waals surface area (Å²) in [7, 11) is 0. The van der Waals surface area contributed by atoms with E-state index in [-0.39, 0.29) is 23.5 Å². The third-order valence-corrected chi connectivity index (χ3v) is 2.69. The summed E-state index contributed by atoms with van der Waals surface area (Å²) >= 11 is 0. The first-order valence-corrected chi connectivity index (χ1v) is 6.21. The molecule has 0 radical (unpaired) electrons. The number of nitro groups is 1. The Balaban J connectivity index is 2.95. The monoisotopic (exact) mass is 292 g/mol. The molecule has 21 heavy (non-hydrogen) atoms. The molecule has 7 heteroatoms. The quantitative estimate of drug-likeness (QED) is 0.465. The number of amides is 1. The van der Waals surface area contributed by atoms with Crippen LogP contribution in [0.5, 0.6) is 5.75 Å². The Kier molecular flexibility index (Phi) is 5.69. The van der Waals surface area contributed by atoms with Gasteiger partial charge in [0.2, 0.25) is 0 Å². The van der Waals surface area contributed by atoms with Crippen molar-refractivity contribution in [3.8, 4) is 18.1 Å². The van der Waals surface area contributed by atoms with Crippen molar-refractivity contribution in [2.75, 3.05) is 6.54 Å². The van der Waals surface area contributed by atoms with Crippen LogP contribution < -0.4 is 10.1 Å². The number of nitrogens with zero attached hydrogens (tertiary/aromatic N) is 1. The van der Waals surface area contributed by atoms with E-state index in [2.05, 4.69) is 11.2 Å². The molecule has 0 aliphatic rings. The highest BCUT2D eigenvalue weighted by atomic mass is 16.6. The lowest BCUT2D eigenvalue weighted by Gasteiger charge is -2.17. The van der Waals surface area contributed by atoms with Crippen LogP contribution in [0.15, 0.2) is 18.2 Å². The van der Waals surface area contributed by atoms with Crippen LogP contribution >= 0.6 is 0 Å². The van der Waals surface area contributed by atoms with E-state index in [0.29, 0.717) is 0 Å². The highest BCUT2D eigenvalue weighted by molar-refractivity contribution is 5.81. The molecule has 0 spiro atoms. The summed E-state index contributed by atoms with van der Waals surface area (Å²) in [6.07, 6.45) is 3.21. The predicted octanol–water partition coefficient (Wildman–Crippen LogP) is 1.16. The van der Waals surface area contributed by atoms with Gasteiger partial charge in [0.15, 0.2) is 6.10 Å². The second-order valence-corrected chi connectivity index (χ2v) is 4.34. The smallest absolute Gasteiger partial charge is 0.270 e. The normalized spacial score (nSPS) is 12.9. The molecule has 7 nitrogen and oxygen atoms in total. The summed E-state index contributed by atoms with van der Waals surface area (Å²) in [4.78, 5) is 21.8. The highest BCUT2D eigenvalue weighted by Gasteiger charge is 2.20. The number of aliphatic hydroxyl groups is 1. The van der Waals surface area contributed by atoms with E-state index >= 15 is 0 Å². The Morgan fingerprint density at radius 3 is 2.76 bits per heavy atom. The fourth-order valence-electron chi connectivity index (χ4n) is 1.61. The van der Waals surface area contributed by atoms with Gasteiger partial charge in [0.25, 0.3) is 11.6 Å². The summed E-state index contributed by atoms with van der Waals surface area (Å²) < 4.78 is 5.44. The number of terminal acetylenes is 1. The zero-order chi connectivity index (χ0) is 16.0. The van der Waals surface area contributed by atoms with E-state index in [4.69, 9.17) is 11.2 Å². The molecule has 112 valence electrons. The van der Waals surface area contributed by atoms with Crippen LogP contribution in [0.25, 0.3) is 0 Å². The number of rotatable bonds is 6. The number of hydrogen-bond donors (Lipinski definition) is 2. The van der Waals surface area contributed by atoms with Gasteiger partial charge in [0.1, 0.15) is 5.75 Å². The summed E-state index contributed by atoms with van der Waals surface area (Å²) in [5.41, 5.74) is 0.0727. The SMILES string of the molecule is C#CCNC(=O)C(C)Oc1ccc([N+](=O)[O-])cc1[C@@H](C)O. The molecule has 1 amide bonds. The number of aliphatic hydroxyl groups excluding tert-OH is 1. The predicted molar refractivity (Wildman–Crippen MR) is 75.7 cm³/mol. The van der Waals surface area contributed by atoms with Gasteiger partial charge in [-0.25, -0.2) is 0 Å². The maximum absolute atomic E-state index is 11.7. The molecular weight excluding hydrogens is 276 g/mol. The number of nitro benzene ring substituents is 1. The molecule has 0 aromatic heterocycles. The van der Waals surface area contributed by atoms with E-state index in [0.717, 1.165) is 0 Å². The number of carbonyl (C=O) groups excluding carboxylic acids is 1. The van der Waals surface area contributed by atoms with Crippen molar-refractivity contribution in [1.82, 2.24) is 5.32 Å². The van der Waals surface area contributed by atoms with Gasteiger partial charge in [-0.3, -0.25) is 14.9 Å². The second-order valence-electron chi connectivity index (χ2n) is 4.34. The molecule has 2 N–H and O–H groups in total. The summed E-state index contributed by atoms with van der Waals surface area (Å²) in [6.45, 7) is 3.05. The molecule has 0 bridgehead atoms. The van der Waals surface area contributed by atoms with Crippen molar-refractivity contribution < 1.29 is 19.6 Å². The van der Waals surface area contributed by atoms with E-state index in [1.807, 2.05) is 0 Å². The Labute approximate surface area is 122 Å². The number of carbonyl (C=O) groups is 1. The van der Waals surface area contributed by atoms with Gasteiger partial charge >= 0.3 is 0 Å². The standard InChI is InChI=1S/C14H16N2O5/c1-4-7-15-14(18)10(3)21-13-6-5-11(16(19)20)8-12(13)9(2)17/h1,5-6,8-10,17H,7H2,2-3H3,(H,15,18)/t9-,10?/m1/s1. The van der Waals surface area contributed by atoms with Gasteiger partial charge in [-0.1, -0.05) is 5.92 Å². The topological polar surface area (TPSA) is 102 Å². The van der Waals surface area contributed by atoms with Gasteiger partial charge < -0.3 is 15.2 Å². The fourth-order valence-corrected chi connectivity index (χ4v) is 1.61. The minimum atomic E-state index is -0.971. The number of benzene rings is 1. The number of non-ortho nitro benzene ring substituents is 1. The highest BCUT2D eigenvalue weighted by Crippen LogP contribution is 2.30. The van der Waals surface area contributed by atoms with E-state index in [9.17, 15) is 20.0 Å². The van der Waals surface area contributed by atoms with Gasteiger partial charge in [-0.15, -0.1) is 6.42 Å². The molecule has 1 aromatic rings. The molecule has 0 fully saturated rings. The van der Waals surface area contributed by atoms with Crippen molar-refractivity contribution in [3.63, 3.8) is 0 Å². The minimum Gasteiger partial charge on any atom is -0.481 e. The van der Waals surface area contributed by atoms with Gasteiger partial charge in [-0.05, 0) is 19.9 Å². The Morgan fingerprint density at radius 2 is 2.24 bits per heavy atom. The fraction of sp³-hybridized carbons (Fsp3) is 0.357. The lowest BCUT2D eigenvalue weighted by Crippen LogP contribution is -2.36. The van der Waals surface area contributed by atoms with E-state index in [1.165, 1.54) is 32.0 Å². The van der Waals surface area contributed by atoms with Crippen LogP contribution in [0.4, 0.5) is 5.69 Å². The molecule has 0 aliphatic carbocycles. The van der Waals surface area contributed by atoms with Crippen LogP contribution in [-0.4, -0.2) is 28.6 Å². The molecule has 1 aromatic carbocycles. The Morgan fingerprint density at radius 1 is 1.57 bits per heavy atom. The lowest BCUT2D eigenvalue weighted by molar-refractivity contribution is -0.385. The van der Waals surface area contributed by atoms with Crippen LogP contribution in [-0.2, 0) is 4.79 Å². The number of hydrogen-bond acceptors (Lipinski definition) is 5. The van der Waals surface area contributed by atoms with Gasteiger partial charge in [0, 0.05) is 17.7 Å². The van der Waals surface area contributed by atoms with Crippen molar-refractivity contribution in [3.05, 3.63) is 33.9 Å². The van der Waals surface area contributed by atoms with Gasteiger partial charge in [-0.2, -0.15) is 0 Å². The molecule has 1 unspecified atom stereocenters. The summed E-state index contributed by atoms with van der Waals surface area (Å²) in [6, 6.07) is 3.81. The minimum absolute atomic E-state index is 0.0794. The number of ether oxygens (including phenoxy) is 1. The largest absolute Gasteiger partial charge is 0.481 e. The average molecular weight is 292 g/mol. The van der Waals surface area contributed by atoms with E-state index < -0.39 is 23.0 Å². The van der Waals surface area contributed by atoms with Crippen LogP contribution in [0.3, 0.4) is 0 Å². The van der Waals surface area contributed by atoms with Gasteiger partial charge in [0.05, 0.1) is 17.6 Å². The average Bonchev–Trinajstić information content (AvgIpc) is 2.44. The third kappa shape index (κ3) is 4.47. The van der Waals surface area contributed by atoms with Crippen molar-refractivity contribution in [2.45, 2.75) is 26.1 Å². The van der Waals surface area contributed by atoms with Crippen molar-refractivity contribution in [1.29, 1.82) is 0 Å². The Hall–Kier alpha value is -2.59. The third-order valence-electron chi connectivity index (χ3n) is 2.69. The van der Waals surface area contributed by atoms with Crippen LogP contribution in [0.2, 0.25) is 0 Å². The first-order valence-electron chi connectivity index (χ1n) is 6.21. The lowest BCUT2D eigenvalue weighted by atomic mass is 10.1. The molecule has 2 atom stereocenters. The molecule has 1 rings (SSSR count). The first kappa shape index (κ1) is 16.5. The molecule has 0 saturated heterocycles. The zero-order valence-corrected chi connectivity index (χ0v) is 11.7. The van der Waals surface area contributed by atoms with Crippen LogP contribution in [0, 0.1) is 22.5 Å². The zero-order valence-electron chi connectivity index (χ0n) is 11.7. The molecule has 0 aliphatic heterocycles. The first-order chi connectivity index (χ1) is 9.86.